The van der Waals surface area contributed by atoms with Crippen LogP contribution in [0.5, 0.6) is 5.75 Å². The van der Waals surface area contributed by atoms with E-state index in [-0.39, 0.29) is 0 Å². The lowest BCUT2D eigenvalue weighted by Gasteiger charge is -2.14. The average Bonchev–Trinajstić information content (AvgIpc) is 3.16. The van der Waals surface area contributed by atoms with Crippen molar-refractivity contribution in [2.75, 3.05) is 7.11 Å². The molecule has 26 heavy (non-hydrogen) atoms. The molecule has 6 heteroatoms. The van der Waals surface area contributed by atoms with Gasteiger partial charge in [0, 0.05) is 18.1 Å². The molecule has 0 aliphatic rings. The van der Waals surface area contributed by atoms with Gasteiger partial charge in [-0.15, -0.1) is 5.10 Å². The molecule has 0 bridgehead atoms. The van der Waals surface area contributed by atoms with Crippen molar-refractivity contribution in [2.24, 2.45) is 0 Å². The second-order valence-corrected chi connectivity index (χ2v) is 6.80. The number of pyridine rings is 1. The van der Waals surface area contributed by atoms with E-state index in [1.165, 1.54) is 11.1 Å². The largest absolute Gasteiger partial charge is 0.493 e. The zero-order valence-corrected chi connectivity index (χ0v) is 16.1. The van der Waals surface area contributed by atoms with Crippen LogP contribution in [0.15, 0.2) is 42.7 Å². The van der Waals surface area contributed by atoms with Crippen LogP contribution in [-0.2, 0) is 12.8 Å². The van der Waals surface area contributed by atoms with E-state index in [9.17, 15) is 0 Å². The Balaban J connectivity index is 1.65. The van der Waals surface area contributed by atoms with E-state index in [1.54, 1.807) is 7.11 Å². The summed E-state index contributed by atoms with van der Waals surface area (Å²) in [7, 11) is 1.69. The molecule has 1 aromatic carbocycles. The van der Waals surface area contributed by atoms with Crippen molar-refractivity contribution in [3.05, 3.63) is 64.2 Å². The lowest BCUT2D eigenvalue weighted by molar-refractivity contribution is 0.403. The number of nitrogens with one attached hydrogen (secondary N) is 1. The molecule has 1 N–H and O–H groups in total. The number of aromatic nitrogens is 4. The van der Waals surface area contributed by atoms with Crippen LogP contribution < -0.4 is 4.74 Å². The number of methoxy groups -OCH3 is 1. The van der Waals surface area contributed by atoms with Crippen molar-refractivity contribution in [2.45, 2.75) is 39.0 Å². The maximum Gasteiger partial charge on any atom is 0.157 e. The van der Waals surface area contributed by atoms with Crippen LogP contribution in [0.25, 0.3) is 5.69 Å². The molecule has 2 heterocycles. The molecule has 0 saturated heterocycles. The quantitative estimate of drug-likeness (QED) is 0.466. The summed E-state index contributed by atoms with van der Waals surface area (Å²) in [5.74, 6) is 0.805. The minimum atomic E-state index is 0.719. The fraction of sp³-hybridized carbons (Fsp3) is 0.350. The van der Waals surface area contributed by atoms with Crippen LogP contribution in [0.3, 0.4) is 0 Å². The maximum atomic E-state index is 5.67. The first kappa shape index (κ1) is 18.3. The van der Waals surface area contributed by atoms with Gasteiger partial charge in [0.15, 0.2) is 10.4 Å². The zero-order valence-electron chi connectivity index (χ0n) is 15.2. The lowest BCUT2D eigenvalue weighted by atomic mass is 10.1. The molecule has 0 saturated carbocycles. The molecule has 3 aromatic rings. The van der Waals surface area contributed by atoms with Gasteiger partial charge >= 0.3 is 0 Å². The Morgan fingerprint density at radius 3 is 2.54 bits per heavy atom. The number of hydrogen-bond acceptors (Lipinski definition) is 4. The smallest absolute Gasteiger partial charge is 0.157 e. The molecule has 5 nitrogen and oxygen atoms in total. The topological polar surface area (TPSA) is 55.7 Å². The van der Waals surface area contributed by atoms with Crippen molar-refractivity contribution in [3.63, 3.8) is 0 Å². The number of nitrogens with zero attached hydrogens (tertiary/aromatic N) is 3. The first-order chi connectivity index (χ1) is 12.7. The van der Waals surface area contributed by atoms with E-state index in [0.717, 1.165) is 53.9 Å². The monoisotopic (exact) mass is 368 g/mol. The summed E-state index contributed by atoms with van der Waals surface area (Å²) >= 11 is 5.67. The van der Waals surface area contributed by atoms with Gasteiger partial charge in [0.1, 0.15) is 0 Å². The van der Waals surface area contributed by atoms with Crippen molar-refractivity contribution in [1.29, 1.82) is 0 Å². The molecule has 0 aliphatic heterocycles. The summed E-state index contributed by atoms with van der Waals surface area (Å²) in [6.07, 6.45) is 9.15. The molecular formula is C20H24N4OS. The first-order valence-electron chi connectivity index (χ1n) is 8.90. The number of ether oxygens (including phenoxy) is 1. The highest BCUT2D eigenvalue weighted by molar-refractivity contribution is 7.71. The standard InChI is InChI=1S/C20H24N4OS/c1-15-8-10-18(11-9-15)24-13-12-16(19(25-2)20(24)26)6-4-3-5-7-17-14-21-23-22-17/h8-14H,3-7H2,1-2H3,(H,21,22,23). The zero-order chi connectivity index (χ0) is 18.4. The molecule has 136 valence electrons. The Bertz CT molecular complexity index is 885. The normalized spacial score (nSPS) is 10.8. The van der Waals surface area contributed by atoms with Gasteiger partial charge in [-0.2, -0.15) is 0 Å². The number of aromatic amines is 1. The maximum absolute atomic E-state index is 5.67. The fourth-order valence-electron chi connectivity index (χ4n) is 3.02. The minimum absolute atomic E-state index is 0.719. The van der Waals surface area contributed by atoms with Crippen LogP contribution in [0, 0.1) is 11.6 Å². The van der Waals surface area contributed by atoms with Gasteiger partial charge in [-0.05, 0) is 56.4 Å². The number of aryl methyl sites for hydroxylation is 3. The van der Waals surface area contributed by atoms with E-state index >= 15 is 0 Å². The van der Waals surface area contributed by atoms with Gasteiger partial charge in [0.25, 0.3) is 0 Å². The molecule has 0 unspecified atom stereocenters. The average molecular weight is 369 g/mol. The molecule has 0 spiro atoms. The third-order valence-corrected chi connectivity index (χ3v) is 4.87. The van der Waals surface area contributed by atoms with Gasteiger partial charge in [0.2, 0.25) is 0 Å². The molecule has 0 atom stereocenters. The van der Waals surface area contributed by atoms with E-state index < -0.39 is 0 Å². The van der Waals surface area contributed by atoms with Crippen LogP contribution in [0.4, 0.5) is 0 Å². The molecule has 3 rings (SSSR count). The van der Waals surface area contributed by atoms with Crippen LogP contribution >= 0.6 is 12.2 Å². The predicted octanol–water partition coefficient (Wildman–Crippen LogP) is 4.60. The number of H-pyrrole nitrogens is 1. The van der Waals surface area contributed by atoms with Gasteiger partial charge in [0.05, 0.1) is 12.8 Å². The first-order valence-corrected chi connectivity index (χ1v) is 9.31. The van der Waals surface area contributed by atoms with Crippen molar-refractivity contribution < 1.29 is 4.74 Å². The van der Waals surface area contributed by atoms with Crippen molar-refractivity contribution >= 4 is 12.2 Å². The highest BCUT2D eigenvalue weighted by Gasteiger charge is 2.09. The fourth-order valence-corrected chi connectivity index (χ4v) is 3.41. The van der Waals surface area contributed by atoms with E-state index in [2.05, 4.69) is 52.7 Å². The molecule has 2 aromatic heterocycles. The summed E-state index contributed by atoms with van der Waals surface area (Å²) in [6.45, 7) is 2.08. The van der Waals surface area contributed by atoms with Gasteiger partial charge in [-0.3, -0.25) is 5.10 Å². The third kappa shape index (κ3) is 4.38. The lowest BCUT2D eigenvalue weighted by Crippen LogP contribution is -2.02. The van der Waals surface area contributed by atoms with Crippen molar-refractivity contribution in [3.8, 4) is 11.4 Å². The Hall–Kier alpha value is -2.47. The Kier molecular flexibility index (Phi) is 6.17. The number of hydrogen-bond donors (Lipinski definition) is 1. The Labute approximate surface area is 159 Å². The third-order valence-electron chi connectivity index (χ3n) is 4.49. The number of rotatable bonds is 8. The number of benzene rings is 1. The highest BCUT2D eigenvalue weighted by atomic mass is 32.1. The van der Waals surface area contributed by atoms with Crippen LogP contribution in [0.2, 0.25) is 0 Å². The summed E-state index contributed by atoms with van der Waals surface area (Å²) in [6, 6.07) is 10.5. The number of unbranched alkanes of at least 4 members (excludes halogenated alkanes) is 2. The predicted molar refractivity (Wildman–Crippen MR) is 106 cm³/mol. The summed E-state index contributed by atoms with van der Waals surface area (Å²) < 4.78 is 8.35. The second kappa shape index (κ2) is 8.76. The second-order valence-electron chi connectivity index (χ2n) is 6.41. The Morgan fingerprint density at radius 2 is 1.85 bits per heavy atom. The van der Waals surface area contributed by atoms with E-state index in [4.69, 9.17) is 17.0 Å². The molecule has 0 fully saturated rings. The van der Waals surface area contributed by atoms with Crippen LogP contribution in [-0.4, -0.2) is 27.1 Å². The van der Waals surface area contributed by atoms with Gasteiger partial charge in [-0.25, -0.2) is 0 Å². The van der Waals surface area contributed by atoms with E-state index in [1.807, 2.05) is 17.0 Å². The van der Waals surface area contributed by atoms with Gasteiger partial charge in [-0.1, -0.05) is 41.5 Å². The summed E-state index contributed by atoms with van der Waals surface area (Å²) in [5, 5.41) is 10.5. The summed E-state index contributed by atoms with van der Waals surface area (Å²) in [4.78, 5) is 0. The Morgan fingerprint density at radius 1 is 1.08 bits per heavy atom. The molecular weight excluding hydrogens is 344 g/mol. The SMILES string of the molecule is COc1c(CCCCCc2c[nH]nn2)ccn(-c2ccc(C)cc2)c1=S. The highest BCUT2D eigenvalue weighted by Crippen LogP contribution is 2.25. The summed E-state index contributed by atoms with van der Waals surface area (Å²) in [5.41, 5.74) is 4.48. The van der Waals surface area contributed by atoms with Crippen LogP contribution in [0.1, 0.15) is 36.1 Å². The molecule has 0 amide bonds. The van der Waals surface area contributed by atoms with E-state index in [0.29, 0.717) is 0 Å². The minimum Gasteiger partial charge on any atom is -0.493 e. The van der Waals surface area contributed by atoms with Crippen molar-refractivity contribution in [1.82, 2.24) is 20.0 Å². The van der Waals surface area contributed by atoms with Gasteiger partial charge < -0.3 is 9.30 Å². The molecule has 0 radical (unpaired) electrons. The molecule has 0 aliphatic carbocycles.